The number of hydrogen-bond donors (Lipinski definition) is 0. The molecule has 2 aliphatic rings. The first-order valence-corrected chi connectivity index (χ1v) is 5.94. The summed E-state index contributed by atoms with van der Waals surface area (Å²) in [7, 11) is 0. The van der Waals surface area contributed by atoms with Crippen LogP contribution >= 0.6 is 23.5 Å². The van der Waals surface area contributed by atoms with Crippen LogP contribution in [0.3, 0.4) is 0 Å². The molecule has 0 atom stereocenters. The van der Waals surface area contributed by atoms with Gasteiger partial charge in [0.2, 0.25) is 0 Å². The second kappa shape index (κ2) is 3.56. The van der Waals surface area contributed by atoms with Gasteiger partial charge < -0.3 is 9.47 Å². The summed E-state index contributed by atoms with van der Waals surface area (Å²) in [5.74, 6) is 2.35. The highest BCUT2D eigenvalue weighted by Gasteiger charge is 2.37. The van der Waals surface area contributed by atoms with E-state index in [0.717, 1.165) is 19.6 Å². The first kappa shape index (κ1) is 8.23. The van der Waals surface area contributed by atoms with E-state index in [-0.39, 0.29) is 4.45 Å². The number of thioether (sulfide) groups is 2. The minimum absolute atomic E-state index is 0.309. The van der Waals surface area contributed by atoms with Gasteiger partial charge in [-0.25, -0.2) is 0 Å². The lowest BCUT2D eigenvalue weighted by molar-refractivity contribution is -0.147. The van der Waals surface area contributed by atoms with Crippen LogP contribution in [0, 0.1) is 0 Å². The topological polar surface area (TPSA) is 18.5 Å². The Morgan fingerprint density at radius 1 is 0.909 bits per heavy atom. The van der Waals surface area contributed by atoms with Crippen LogP contribution in [0.15, 0.2) is 0 Å². The van der Waals surface area contributed by atoms with Crippen molar-refractivity contribution < 1.29 is 9.47 Å². The zero-order valence-electron chi connectivity index (χ0n) is 6.38. The van der Waals surface area contributed by atoms with Gasteiger partial charge in [0.05, 0.1) is 13.2 Å². The molecule has 0 saturated carbocycles. The predicted molar refractivity (Wildman–Crippen MR) is 48.8 cm³/mol. The van der Waals surface area contributed by atoms with Gasteiger partial charge in [-0.15, -0.1) is 0 Å². The van der Waals surface area contributed by atoms with Crippen molar-refractivity contribution in [2.24, 2.45) is 0 Å². The van der Waals surface area contributed by atoms with E-state index in [4.69, 9.17) is 9.47 Å². The Morgan fingerprint density at radius 3 is 2.18 bits per heavy atom. The fraction of sp³-hybridized carbons (Fsp3) is 1.00. The smallest absolute Gasteiger partial charge is 0.269 e. The Bertz CT molecular complexity index is 109. The van der Waals surface area contributed by atoms with Crippen LogP contribution in [0.2, 0.25) is 0 Å². The minimum Gasteiger partial charge on any atom is -0.333 e. The highest BCUT2D eigenvalue weighted by Crippen LogP contribution is 2.45. The number of ether oxygens (including phenoxy) is 2. The molecule has 2 saturated heterocycles. The lowest BCUT2D eigenvalue weighted by atomic mass is 10.5. The van der Waals surface area contributed by atoms with Gasteiger partial charge in [0.1, 0.15) is 0 Å². The Hall–Kier alpha value is 0.620. The molecule has 0 aromatic carbocycles. The van der Waals surface area contributed by atoms with Crippen molar-refractivity contribution >= 4 is 23.5 Å². The van der Waals surface area contributed by atoms with Crippen molar-refractivity contribution in [1.82, 2.24) is 0 Å². The van der Waals surface area contributed by atoms with Crippen molar-refractivity contribution in [2.45, 2.75) is 17.3 Å². The first-order valence-electron chi connectivity index (χ1n) is 3.97. The SMILES string of the molecule is C1COC2(OC1)SCCCS2. The van der Waals surface area contributed by atoms with Gasteiger partial charge in [0, 0.05) is 11.5 Å². The van der Waals surface area contributed by atoms with Gasteiger partial charge in [-0.1, -0.05) is 23.5 Å². The Labute approximate surface area is 75.4 Å². The quantitative estimate of drug-likeness (QED) is 0.583. The minimum atomic E-state index is -0.309. The van der Waals surface area contributed by atoms with Crippen molar-refractivity contribution in [2.75, 3.05) is 24.7 Å². The predicted octanol–water partition coefficient (Wildman–Crippen LogP) is 1.90. The molecule has 0 amide bonds. The molecule has 2 heterocycles. The number of hydrogen-bond acceptors (Lipinski definition) is 4. The molecule has 4 heteroatoms. The van der Waals surface area contributed by atoms with Gasteiger partial charge in [-0.05, 0) is 12.8 Å². The molecule has 2 aliphatic heterocycles. The van der Waals surface area contributed by atoms with Crippen molar-refractivity contribution in [3.8, 4) is 0 Å². The highest BCUT2D eigenvalue weighted by atomic mass is 32.2. The van der Waals surface area contributed by atoms with Gasteiger partial charge in [-0.3, -0.25) is 0 Å². The summed E-state index contributed by atoms with van der Waals surface area (Å²) in [5, 5.41) is 0. The molecule has 0 unspecified atom stereocenters. The summed E-state index contributed by atoms with van der Waals surface area (Å²) in [5.41, 5.74) is 0. The van der Waals surface area contributed by atoms with E-state index in [1.807, 2.05) is 0 Å². The average Bonchev–Trinajstić information content (AvgIpc) is 2.07. The molecule has 2 fully saturated rings. The van der Waals surface area contributed by atoms with Crippen LogP contribution in [-0.2, 0) is 9.47 Å². The van der Waals surface area contributed by atoms with Crippen molar-refractivity contribution in [3.63, 3.8) is 0 Å². The molecule has 0 bridgehead atoms. The molecule has 64 valence electrons. The molecular weight excluding hydrogens is 180 g/mol. The lowest BCUT2D eigenvalue weighted by Crippen LogP contribution is -2.36. The third-order valence-electron chi connectivity index (χ3n) is 1.69. The van der Waals surface area contributed by atoms with E-state index < -0.39 is 0 Å². The maximum Gasteiger partial charge on any atom is 0.269 e. The standard InChI is InChI=1S/C7H12O2S2/c1-3-8-7(9-4-1)10-5-2-6-11-7/h1-6H2. The maximum atomic E-state index is 5.61. The zero-order chi connectivity index (χ0) is 7.57. The summed E-state index contributed by atoms with van der Waals surface area (Å²) < 4.78 is 10.9. The summed E-state index contributed by atoms with van der Waals surface area (Å²) in [4.78, 5) is 0. The second-order valence-electron chi connectivity index (χ2n) is 2.60. The molecule has 2 nitrogen and oxygen atoms in total. The molecule has 11 heavy (non-hydrogen) atoms. The van der Waals surface area contributed by atoms with Gasteiger partial charge in [0.25, 0.3) is 4.45 Å². The van der Waals surface area contributed by atoms with Crippen LogP contribution in [0.25, 0.3) is 0 Å². The molecule has 0 N–H and O–H groups in total. The van der Waals surface area contributed by atoms with Gasteiger partial charge in [-0.2, -0.15) is 0 Å². The summed E-state index contributed by atoms with van der Waals surface area (Å²) in [6.07, 6.45) is 2.33. The zero-order valence-corrected chi connectivity index (χ0v) is 8.01. The molecule has 2 rings (SSSR count). The third kappa shape index (κ3) is 1.86. The van der Waals surface area contributed by atoms with E-state index >= 15 is 0 Å². The van der Waals surface area contributed by atoms with Crippen LogP contribution < -0.4 is 0 Å². The maximum absolute atomic E-state index is 5.61. The lowest BCUT2D eigenvalue weighted by Gasteiger charge is -2.37. The fourth-order valence-corrected chi connectivity index (χ4v) is 3.92. The fourth-order valence-electron chi connectivity index (χ4n) is 1.16. The summed E-state index contributed by atoms with van der Waals surface area (Å²) in [6, 6.07) is 0. The first-order chi connectivity index (χ1) is 5.41. The van der Waals surface area contributed by atoms with E-state index in [9.17, 15) is 0 Å². The van der Waals surface area contributed by atoms with Gasteiger partial charge >= 0.3 is 0 Å². The Balaban J connectivity index is 1.94. The highest BCUT2D eigenvalue weighted by molar-refractivity contribution is 8.18. The third-order valence-corrected chi connectivity index (χ3v) is 4.56. The molecule has 1 spiro atoms. The van der Waals surface area contributed by atoms with Crippen molar-refractivity contribution in [1.29, 1.82) is 0 Å². The van der Waals surface area contributed by atoms with E-state index in [1.54, 1.807) is 23.5 Å². The molecular formula is C7H12O2S2. The van der Waals surface area contributed by atoms with Crippen LogP contribution in [0.5, 0.6) is 0 Å². The van der Waals surface area contributed by atoms with E-state index in [0.29, 0.717) is 0 Å². The van der Waals surface area contributed by atoms with Crippen LogP contribution in [0.4, 0.5) is 0 Å². The Kier molecular flexibility index (Phi) is 2.66. The largest absolute Gasteiger partial charge is 0.333 e. The molecule has 0 radical (unpaired) electrons. The summed E-state index contributed by atoms with van der Waals surface area (Å²) >= 11 is 3.61. The monoisotopic (exact) mass is 192 g/mol. The van der Waals surface area contributed by atoms with Crippen LogP contribution in [0.1, 0.15) is 12.8 Å². The average molecular weight is 192 g/mol. The van der Waals surface area contributed by atoms with Crippen LogP contribution in [-0.4, -0.2) is 29.2 Å². The number of rotatable bonds is 0. The molecule has 0 aromatic heterocycles. The van der Waals surface area contributed by atoms with E-state index in [1.165, 1.54) is 17.9 Å². The normalized spacial score (nSPS) is 30.5. The van der Waals surface area contributed by atoms with E-state index in [2.05, 4.69) is 0 Å². The second-order valence-corrected chi connectivity index (χ2v) is 5.33. The van der Waals surface area contributed by atoms with Gasteiger partial charge in [0.15, 0.2) is 0 Å². The Morgan fingerprint density at radius 2 is 1.55 bits per heavy atom. The summed E-state index contributed by atoms with van der Waals surface area (Å²) in [6.45, 7) is 1.72. The molecule has 0 aromatic rings. The van der Waals surface area contributed by atoms with Crippen molar-refractivity contribution in [3.05, 3.63) is 0 Å². The molecule has 0 aliphatic carbocycles.